The van der Waals surface area contributed by atoms with Crippen LogP contribution in [0.4, 0.5) is 0 Å². The number of carbonyl (C=O) groups excluding carboxylic acids is 3. The number of carbonyl (C=O) groups is 4. The second-order valence-electron chi connectivity index (χ2n) is 9.04. The van der Waals surface area contributed by atoms with Gasteiger partial charge in [-0.3, -0.25) is 19.4 Å². The van der Waals surface area contributed by atoms with E-state index in [4.69, 9.17) is 17.2 Å². The molecule has 0 aromatic rings. The number of nitrogens with two attached hydrogens (primary N) is 3. The van der Waals surface area contributed by atoms with E-state index in [1.165, 1.54) is 4.90 Å². The number of nitrogens with zero attached hydrogens (tertiary/aromatic N) is 2. The molecule has 3 amide bonds. The SMILES string of the molecule is CC(C)C(NC(=O)C(N)CCCN=C(N)N)C(=O)NC(C(=O)N1CCCC1C(=O)O)C(C)C. The van der Waals surface area contributed by atoms with Gasteiger partial charge in [0.05, 0.1) is 6.04 Å². The van der Waals surface area contributed by atoms with Crippen molar-refractivity contribution in [1.29, 1.82) is 0 Å². The number of aliphatic carboxylic acids is 1. The number of likely N-dealkylation sites (tertiary alicyclic amines) is 1. The summed E-state index contributed by atoms with van der Waals surface area (Å²) in [6.07, 6.45) is 1.79. The third kappa shape index (κ3) is 8.52. The molecule has 12 heteroatoms. The van der Waals surface area contributed by atoms with Crippen molar-refractivity contribution in [2.45, 2.75) is 77.5 Å². The van der Waals surface area contributed by atoms with E-state index < -0.39 is 47.9 Å². The summed E-state index contributed by atoms with van der Waals surface area (Å²) in [4.78, 5) is 55.3. The minimum Gasteiger partial charge on any atom is -0.480 e. The van der Waals surface area contributed by atoms with Gasteiger partial charge in [0.1, 0.15) is 18.1 Å². The van der Waals surface area contributed by atoms with Gasteiger partial charge in [-0.1, -0.05) is 27.7 Å². The highest BCUT2D eigenvalue weighted by Crippen LogP contribution is 2.20. The van der Waals surface area contributed by atoms with Crippen LogP contribution in [0.1, 0.15) is 53.4 Å². The van der Waals surface area contributed by atoms with Crippen molar-refractivity contribution in [3.05, 3.63) is 0 Å². The Morgan fingerprint density at radius 3 is 2.12 bits per heavy atom. The Bertz CT molecular complexity index is 737. The Labute approximate surface area is 194 Å². The Morgan fingerprint density at radius 1 is 1.03 bits per heavy atom. The maximum atomic E-state index is 13.1. The fraction of sp³-hybridized carbons (Fsp3) is 0.762. The van der Waals surface area contributed by atoms with E-state index in [0.29, 0.717) is 38.8 Å². The third-order valence-electron chi connectivity index (χ3n) is 5.60. The molecule has 0 bridgehead atoms. The molecule has 1 rings (SSSR count). The number of rotatable bonds is 12. The predicted octanol–water partition coefficient (Wildman–Crippen LogP) is -1.28. The number of aliphatic imine (C=N–C) groups is 1. The molecule has 1 fully saturated rings. The molecule has 0 radical (unpaired) electrons. The van der Waals surface area contributed by atoms with Crippen LogP contribution in [0.5, 0.6) is 0 Å². The topological polar surface area (TPSA) is 206 Å². The molecule has 9 N–H and O–H groups in total. The lowest BCUT2D eigenvalue weighted by atomic mass is 9.98. The predicted molar refractivity (Wildman–Crippen MR) is 124 cm³/mol. The molecule has 0 spiro atoms. The Morgan fingerprint density at radius 2 is 1.61 bits per heavy atom. The molecular formula is C21H39N7O5. The first kappa shape index (κ1) is 28.1. The van der Waals surface area contributed by atoms with Crippen molar-refractivity contribution in [1.82, 2.24) is 15.5 Å². The molecule has 0 aromatic heterocycles. The van der Waals surface area contributed by atoms with Crippen LogP contribution in [0.25, 0.3) is 0 Å². The van der Waals surface area contributed by atoms with Crippen LogP contribution in [0.15, 0.2) is 4.99 Å². The highest BCUT2D eigenvalue weighted by molar-refractivity contribution is 5.94. The average molecular weight is 470 g/mol. The van der Waals surface area contributed by atoms with E-state index in [-0.39, 0.29) is 17.8 Å². The van der Waals surface area contributed by atoms with E-state index in [1.54, 1.807) is 27.7 Å². The molecular weight excluding hydrogens is 430 g/mol. The molecule has 33 heavy (non-hydrogen) atoms. The summed E-state index contributed by atoms with van der Waals surface area (Å²) < 4.78 is 0. The summed E-state index contributed by atoms with van der Waals surface area (Å²) in [5, 5.41) is 14.8. The van der Waals surface area contributed by atoms with Gasteiger partial charge < -0.3 is 37.8 Å². The van der Waals surface area contributed by atoms with Crippen LogP contribution < -0.4 is 27.8 Å². The first-order valence-corrected chi connectivity index (χ1v) is 11.3. The highest BCUT2D eigenvalue weighted by Gasteiger charge is 2.39. The van der Waals surface area contributed by atoms with Gasteiger partial charge in [0.25, 0.3) is 0 Å². The lowest BCUT2D eigenvalue weighted by Gasteiger charge is -2.31. The number of amides is 3. The molecule has 1 heterocycles. The number of hydrogen-bond acceptors (Lipinski definition) is 6. The molecule has 12 nitrogen and oxygen atoms in total. The standard InChI is InChI=1S/C21H39N7O5/c1-11(2)15(26-17(29)13(22)7-5-9-25-21(23)24)18(30)27-16(12(3)4)19(31)28-10-6-8-14(28)20(32)33/h11-16H,5-10,22H2,1-4H3,(H,26,29)(H,27,30)(H,32,33)(H4,23,24,25). The molecule has 4 atom stereocenters. The zero-order valence-electron chi connectivity index (χ0n) is 19.9. The summed E-state index contributed by atoms with van der Waals surface area (Å²) in [7, 11) is 0. The fourth-order valence-electron chi connectivity index (χ4n) is 3.67. The lowest BCUT2D eigenvalue weighted by Crippen LogP contribution is -2.59. The smallest absolute Gasteiger partial charge is 0.326 e. The molecule has 1 aliphatic heterocycles. The summed E-state index contributed by atoms with van der Waals surface area (Å²) >= 11 is 0. The van der Waals surface area contributed by atoms with Gasteiger partial charge in [-0.15, -0.1) is 0 Å². The van der Waals surface area contributed by atoms with E-state index in [9.17, 15) is 24.3 Å². The highest BCUT2D eigenvalue weighted by atomic mass is 16.4. The van der Waals surface area contributed by atoms with Gasteiger partial charge in [-0.2, -0.15) is 0 Å². The van der Waals surface area contributed by atoms with Crippen molar-refractivity contribution in [3.8, 4) is 0 Å². The third-order valence-corrected chi connectivity index (χ3v) is 5.60. The van der Waals surface area contributed by atoms with Crippen molar-refractivity contribution in [2.24, 2.45) is 34.0 Å². The molecule has 0 saturated carbocycles. The van der Waals surface area contributed by atoms with Crippen LogP contribution in [-0.4, -0.2) is 76.9 Å². The zero-order valence-corrected chi connectivity index (χ0v) is 19.9. The average Bonchev–Trinajstić information content (AvgIpc) is 3.22. The van der Waals surface area contributed by atoms with Crippen molar-refractivity contribution >= 4 is 29.7 Å². The molecule has 0 aromatic carbocycles. The number of guanidine groups is 1. The van der Waals surface area contributed by atoms with E-state index in [1.807, 2.05) is 0 Å². The monoisotopic (exact) mass is 469 g/mol. The summed E-state index contributed by atoms with van der Waals surface area (Å²) in [5.41, 5.74) is 16.5. The van der Waals surface area contributed by atoms with Crippen LogP contribution in [0.3, 0.4) is 0 Å². The lowest BCUT2D eigenvalue weighted by molar-refractivity contribution is -0.150. The molecule has 1 saturated heterocycles. The Kier molecular flexibility index (Phi) is 11.1. The second-order valence-corrected chi connectivity index (χ2v) is 9.04. The van der Waals surface area contributed by atoms with E-state index in [0.717, 1.165) is 0 Å². The number of hydrogen-bond donors (Lipinski definition) is 6. The van der Waals surface area contributed by atoms with Crippen molar-refractivity contribution in [2.75, 3.05) is 13.1 Å². The molecule has 1 aliphatic rings. The minimum atomic E-state index is -1.06. The van der Waals surface area contributed by atoms with Gasteiger partial charge in [0.15, 0.2) is 5.96 Å². The van der Waals surface area contributed by atoms with Crippen LogP contribution in [-0.2, 0) is 19.2 Å². The van der Waals surface area contributed by atoms with Crippen LogP contribution in [0.2, 0.25) is 0 Å². The van der Waals surface area contributed by atoms with Crippen LogP contribution in [0, 0.1) is 11.8 Å². The number of nitrogens with one attached hydrogen (secondary N) is 2. The maximum absolute atomic E-state index is 13.1. The number of carboxylic acid groups (broad SMARTS) is 1. The van der Waals surface area contributed by atoms with Crippen molar-refractivity contribution in [3.63, 3.8) is 0 Å². The van der Waals surface area contributed by atoms with Gasteiger partial charge in [-0.05, 0) is 37.5 Å². The van der Waals surface area contributed by atoms with Gasteiger partial charge in [0.2, 0.25) is 17.7 Å². The van der Waals surface area contributed by atoms with Gasteiger partial charge >= 0.3 is 5.97 Å². The zero-order chi connectivity index (χ0) is 25.3. The van der Waals surface area contributed by atoms with E-state index in [2.05, 4.69) is 15.6 Å². The molecule has 4 unspecified atom stereocenters. The summed E-state index contributed by atoms with van der Waals surface area (Å²) in [6.45, 7) is 7.73. The van der Waals surface area contributed by atoms with Gasteiger partial charge in [0, 0.05) is 13.1 Å². The first-order chi connectivity index (χ1) is 15.4. The van der Waals surface area contributed by atoms with Crippen molar-refractivity contribution < 1.29 is 24.3 Å². The quantitative estimate of drug-likeness (QED) is 0.115. The van der Waals surface area contributed by atoms with E-state index >= 15 is 0 Å². The molecule has 0 aliphatic carbocycles. The normalized spacial score (nSPS) is 18.5. The largest absolute Gasteiger partial charge is 0.480 e. The fourth-order valence-corrected chi connectivity index (χ4v) is 3.67. The minimum absolute atomic E-state index is 0.0394. The van der Waals surface area contributed by atoms with Crippen LogP contribution >= 0.6 is 0 Å². The van der Waals surface area contributed by atoms with Gasteiger partial charge in [-0.25, -0.2) is 4.79 Å². The summed E-state index contributed by atoms with van der Waals surface area (Å²) in [5.74, 6) is -3.11. The Balaban J connectivity index is 2.82. The maximum Gasteiger partial charge on any atom is 0.326 e. The number of carboxylic acids is 1. The summed E-state index contributed by atoms with van der Waals surface area (Å²) in [6, 6.07) is -3.57. The first-order valence-electron chi connectivity index (χ1n) is 11.3. The Hall–Kier alpha value is -2.89. The second kappa shape index (κ2) is 13.0. The molecule has 188 valence electrons.